The van der Waals surface area contributed by atoms with Crippen molar-refractivity contribution in [2.45, 2.75) is 13.8 Å². The van der Waals surface area contributed by atoms with Gasteiger partial charge in [-0.15, -0.1) is 0 Å². The molecule has 82 valence electrons. The Hall–Kier alpha value is -1.96. The molecule has 0 saturated heterocycles. The van der Waals surface area contributed by atoms with Crippen molar-refractivity contribution in [1.29, 1.82) is 0 Å². The van der Waals surface area contributed by atoms with Gasteiger partial charge in [-0.1, -0.05) is 30.3 Å². The Balaban J connectivity index is 2.38. The van der Waals surface area contributed by atoms with E-state index in [0.29, 0.717) is 0 Å². The minimum Gasteiger partial charge on any atom is -0.397 e. The van der Waals surface area contributed by atoms with Crippen LogP contribution in [0.4, 0.5) is 17.1 Å². The second kappa shape index (κ2) is 4.27. The summed E-state index contributed by atoms with van der Waals surface area (Å²) in [6, 6.07) is 14.0. The molecular formula is C14H16N2. The number of benzene rings is 2. The van der Waals surface area contributed by atoms with Gasteiger partial charge in [0, 0.05) is 5.69 Å². The van der Waals surface area contributed by atoms with Crippen molar-refractivity contribution in [2.24, 2.45) is 0 Å². The average Bonchev–Trinajstić information content (AvgIpc) is 2.26. The Labute approximate surface area is 96.1 Å². The van der Waals surface area contributed by atoms with Gasteiger partial charge in [0.2, 0.25) is 0 Å². The molecule has 0 aliphatic heterocycles. The van der Waals surface area contributed by atoms with Gasteiger partial charge < -0.3 is 11.1 Å². The molecule has 2 aromatic carbocycles. The van der Waals surface area contributed by atoms with E-state index in [1.165, 1.54) is 11.1 Å². The number of aryl methyl sites for hydroxylation is 2. The molecule has 0 atom stereocenters. The van der Waals surface area contributed by atoms with Crippen molar-refractivity contribution in [2.75, 3.05) is 11.1 Å². The monoisotopic (exact) mass is 212 g/mol. The van der Waals surface area contributed by atoms with Gasteiger partial charge in [-0.3, -0.25) is 0 Å². The first-order chi connectivity index (χ1) is 7.68. The SMILES string of the molecule is Cc1cccc(C)c1Nc1ccccc1N. The second-order valence-electron chi connectivity index (χ2n) is 3.98. The third-order valence-electron chi connectivity index (χ3n) is 2.70. The number of anilines is 3. The van der Waals surface area contributed by atoms with Crippen LogP contribution in [-0.4, -0.2) is 0 Å². The van der Waals surface area contributed by atoms with Crippen LogP contribution in [0.1, 0.15) is 11.1 Å². The van der Waals surface area contributed by atoms with Gasteiger partial charge in [0.1, 0.15) is 0 Å². The topological polar surface area (TPSA) is 38.0 Å². The fraction of sp³-hybridized carbons (Fsp3) is 0.143. The minimum atomic E-state index is 0.769. The highest BCUT2D eigenvalue weighted by Crippen LogP contribution is 2.27. The van der Waals surface area contributed by atoms with Crippen LogP contribution >= 0.6 is 0 Å². The molecule has 0 unspecified atom stereocenters. The molecule has 0 saturated carbocycles. The van der Waals surface area contributed by atoms with Crippen LogP contribution in [0.5, 0.6) is 0 Å². The van der Waals surface area contributed by atoms with Gasteiger partial charge in [-0.25, -0.2) is 0 Å². The lowest BCUT2D eigenvalue weighted by atomic mass is 10.1. The number of rotatable bonds is 2. The van der Waals surface area contributed by atoms with Gasteiger partial charge in [0.15, 0.2) is 0 Å². The maximum atomic E-state index is 5.91. The minimum absolute atomic E-state index is 0.769. The van der Waals surface area contributed by atoms with Gasteiger partial charge in [-0.2, -0.15) is 0 Å². The molecule has 2 aromatic rings. The highest BCUT2D eigenvalue weighted by Gasteiger charge is 2.03. The van der Waals surface area contributed by atoms with Crippen molar-refractivity contribution in [1.82, 2.24) is 0 Å². The molecule has 0 bridgehead atoms. The molecule has 0 fully saturated rings. The van der Waals surface area contributed by atoms with Crippen molar-refractivity contribution in [3.8, 4) is 0 Å². The molecular weight excluding hydrogens is 196 g/mol. The molecule has 0 aliphatic rings. The van der Waals surface area contributed by atoms with Gasteiger partial charge >= 0.3 is 0 Å². The Bertz CT molecular complexity index is 484. The zero-order chi connectivity index (χ0) is 11.5. The standard InChI is InChI=1S/C14H16N2/c1-10-6-5-7-11(2)14(10)16-13-9-4-3-8-12(13)15/h3-9,16H,15H2,1-2H3. The Kier molecular flexibility index (Phi) is 2.82. The van der Waals surface area contributed by atoms with Crippen LogP contribution in [0.25, 0.3) is 0 Å². The van der Waals surface area contributed by atoms with Crippen molar-refractivity contribution in [3.63, 3.8) is 0 Å². The second-order valence-corrected chi connectivity index (χ2v) is 3.98. The summed E-state index contributed by atoms with van der Waals surface area (Å²) in [6.07, 6.45) is 0. The quantitative estimate of drug-likeness (QED) is 0.746. The van der Waals surface area contributed by atoms with E-state index >= 15 is 0 Å². The summed E-state index contributed by atoms with van der Waals surface area (Å²) in [6.45, 7) is 4.18. The zero-order valence-corrected chi connectivity index (χ0v) is 9.62. The fourth-order valence-corrected chi connectivity index (χ4v) is 1.76. The lowest BCUT2D eigenvalue weighted by Gasteiger charge is -2.14. The van der Waals surface area contributed by atoms with E-state index in [4.69, 9.17) is 5.73 Å². The lowest BCUT2D eigenvalue weighted by Crippen LogP contribution is -1.99. The Morgan fingerprint density at radius 3 is 2.12 bits per heavy atom. The molecule has 0 amide bonds. The maximum Gasteiger partial charge on any atom is 0.0618 e. The van der Waals surface area contributed by atoms with E-state index in [0.717, 1.165) is 17.1 Å². The number of nitrogens with one attached hydrogen (secondary N) is 1. The van der Waals surface area contributed by atoms with Crippen LogP contribution in [0.15, 0.2) is 42.5 Å². The fourth-order valence-electron chi connectivity index (χ4n) is 1.76. The first-order valence-corrected chi connectivity index (χ1v) is 5.36. The summed E-state index contributed by atoms with van der Waals surface area (Å²) in [7, 11) is 0. The van der Waals surface area contributed by atoms with E-state index < -0.39 is 0 Å². The molecule has 2 rings (SSSR count). The van der Waals surface area contributed by atoms with Crippen LogP contribution in [0, 0.1) is 13.8 Å². The summed E-state index contributed by atoms with van der Waals surface area (Å²) in [5.41, 5.74) is 11.2. The summed E-state index contributed by atoms with van der Waals surface area (Å²) in [5.74, 6) is 0. The molecule has 16 heavy (non-hydrogen) atoms. The summed E-state index contributed by atoms with van der Waals surface area (Å²) in [4.78, 5) is 0. The van der Waals surface area contributed by atoms with E-state index in [1.807, 2.05) is 24.3 Å². The normalized spacial score (nSPS) is 10.1. The molecule has 2 nitrogen and oxygen atoms in total. The number of hydrogen-bond acceptors (Lipinski definition) is 2. The number of hydrogen-bond donors (Lipinski definition) is 2. The first-order valence-electron chi connectivity index (χ1n) is 5.36. The Morgan fingerprint density at radius 1 is 0.875 bits per heavy atom. The van der Waals surface area contributed by atoms with Crippen LogP contribution in [-0.2, 0) is 0 Å². The largest absolute Gasteiger partial charge is 0.397 e. The van der Waals surface area contributed by atoms with Gasteiger partial charge in [0.25, 0.3) is 0 Å². The highest BCUT2D eigenvalue weighted by molar-refractivity contribution is 5.75. The summed E-state index contributed by atoms with van der Waals surface area (Å²) in [5, 5.41) is 3.38. The highest BCUT2D eigenvalue weighted by atomic mass is 14.9. The van der Waals surface area contributed by atoms with E-state index in [1.54, 1.807) is 0 Å². The number of para-hydroxylation sites is 3. The third kappa shape index (κ3) is 2.01. The predicted molar refractivity (Wildman–Crippen MR) is 70.1 cm³/mol. The van der Waals surface area contributed by atoms with Crippen molar-refractivity contribution < 1.29 is 0 Å². The maximum absolute atomic E-state index is 5.91. The first kappa shape index (κ1) is 10.6. The van der Waals surface area contributed by atoms with Crippen molar-refractivity contribution >= 4 is 17.1 Å². The smallest absolute Gasteiger partial charge is 0.0618 e. The molecule has 2 heteroatoms. The number of nitrogen functional groups attached to an aromatic ring is 1. The number of nitrogens with two attached hydrogens (primary N) is 1. The van der Waals surface area contributed by atoms with Crippen LogP contribution in [0.3, 0.4) is 0 Å². The molecule has 0 heterocycles. The van der Waals surface area contributed by atoms with Crippen molar-refractivity contribution in [3.05, 3.63) is 53.6 Å². The average molecular weight is 212 g/mol. The Morgan fingerprint density at radius 2 is 1.50 bits per heavy atom. The van der Waals surface area contributed by atoms with Gasteiger partial charge in [0.05, 0.1) is 11.4 Å². The lowest BCUT2D eigenvalue weighted by molar-refractivity contribution is 1.36. The predicted octanol–water partition coefficient (Wildman–Crippen LogP) is 3.63. The zero-order valence-electron chi connectivity index (χ0n) is 9.62. The molecule has 0 radical (unpaired) electrons. The van der Waals surface area contributed by atoms with Crippen LogP contribution < -0.4 is 11.1 Å². The summed E-state index contributed by atoms with van der Waals surface area (Å²) >= 11 is 0. The summed E-state index contributed by atoms with van der Waals surface area (Å²) < 4.78 is 0. The molecule has 0 aromatic heterocycles. The molecule has 0 aliphatic carbocycles. The van der Waals surface area contributed by atoms with Crippen LogP contribution in [0.2, 0.25) is 0 Å². The molecule has 0 spiro atoms. The molecule has 3 N–H and O–H groups in total. The van der Waals surface area contributed by atoms with E-state index in [9.17, 15) is 0 Å². The van der Waals surface area contributed by atoms with E-state index in [-0.39, 0.29) is 0 Å². The van der Waals surface area contributed by atoms with E-state index in [2.05, 4.69) is 37.4 Å². The third-order valence-corrected chi connectivity index (χ3v) is 2.70. The van der Waals surface area contributed by atoms with Gasteiger partial charge in [-0.05, 0) is 37.1 Å².